The monoisotopic (exact) mass is 924 g/mol. The van der Waals surface area contributed by atoms with E-state index in [9.17, 15) is 19.0 Å². The molecule has 0 bridgehead atoms. The van der Waals surface area contributed by atoms with E-state index >= 15 is 0 Å². The van der Waals surface area contributed by atoms with Crippen molar-refractivity contribution >= 4 is 19.8 Å². The summed E-state index contributed by atoms with van der Waals surface area (Å²) in [5, 5.41) is 0. The average molecular weight is 924 g/mol. The van der Waals surface area contributed by atoms with Crippen molar-refractivity contribution in [3.05, 3.63) is 36.5 Å². The van der Waals surface area contributed by atoms with Gasteiger partial charge in [-0.15, -0.1) is 0 Å². The van der Waals surface area contributed by atoms with Gasteiger partial charge in [0, 0.05) is 19.4 Å². The van der Waals surface area contributed by atoms with Gasteiger partial charge in [-0.1, -0.05) is 237 Å². The van der Waals surface area contributed by atoms with Crippen molar-refractivity contribution in [1.82, 2.24) is 0 Å². The van der Waals surface area contributed by atoms with E-state index in [1.54, 1.807) is 0 Å². The van der Waals surface area contributed by atoms with Crippen LogP contribution < -0.4 is 5.73 Å². The highest BCUT2D eigenvalue weighted by Crippen LogP contribution is 2.43. The van der Waals surface area contributed by atoms with E-state index in [1.165, 1.54) is 173 Å². The van der Waals surface area contributed by atoms with E-state index in [-0.39, 0.29) is 38.6 Å². The first-order valence-electron chi connectivity index (χ1n) is 27.0. The molecule has 0 saturated carbocycles. The number of hydrogen-bond donors (Lipinski definition) is 2. The van der Waals surface area contributed by atoms with Crippen LogP contribution in [0.4, 0.5) is 0 Å². The minimum absolute atomic E-state index is 0.0529. The van der Waals surface area contributed by atoms with Crippen LogP contribution in [0.15, 0.2) is 36.5 Å². The highest BCUT2D eigenvalue weighted by Gasteiger charge is 2.26. The number of phosphoric acid groups is 1. The summed E-state index contributed by atoms with van der Waals surface area (Å²) in [7, 11) is -4.38. The number of carbonyl (C=O) groups excluding carboxylic acids is 2. The molecule has 0 aliphatic rings. The average Bonchev–Trinajstić information content (AvgIpc) is 3.28. The zero-order chi connectivity index (χ0) is 46.7. The second-order valence-corrected chi connectivity index (χ2v) is 19.6. The van der Waals surface area contributed by atoms with Crippen LogP contribution in [-0.2, 0) is 32.7 Å². The molecule has 10 heteroatoms. The molecule has 0 aromatic carbocycles. The lowest BCUT2D eigenvalue weighted by Gasteiger charge is -2.19. The number of carbonyl (C=O) groups is 2. The SMILES string of the molecule is CCCCCCC/C=C\C/C=C\C/C=C\CCCCCCCCCCC(=O)OC(COC(=O)CCCCCCCCCCCCCCCCCCCCCC)COP(=O)(O)OCCN. The second-order valence-electron chi connectivity index (χ2n) is 18.1. The van der Waals surface area contributed by atoms with Crippen LogP contribution >= 0.6 is 7.82 Å². The van der Waals surface area contributed by atoms with Gasteiger partial charge in [0.1, 0.15) is 6.61 Å². The van der Waals surface area contributed by atoms with Crippen LogP contribution in [0.3, 0.4) is 0 Å². The summed E-state index contributed by atoms with van der Waals surface area (Å²) in [5.41, 5.74) is 5.37. The van der Waals surface area contributed by atoms with Crippen LogP contribution in [0.1, 0.15) is 264 Å². The van der Waals surface area contributed by atoms with E-state index in [2.05, 4.69) is 50.3 Å². The molecule has 0 aliphatic carbocycles. The van der Waals surface area contributed by atoms with Gasteiger partial charge in [-0.3, -0.25) is 18.6 Å². The molecule has 0 radical (unpaired) electrons. The van der Waals surface area contributed by atoms with Gasteiger partial charge in [0.2, 0.25) is 0 Å². The molecule has 2 atom stereocenters. The minimum Gasteiger partial charge on any atom is -0.462 e. The third-order valence-corrected chi connectivity index (χ3v) is 12.8. The van der Waals surface area contributed by atoms with Gasteiger partial charge in [-0.2, -0.15) is 0 Å². The molecule has 9 nitrogen and oxygen atoms in total. The summed E-state index contributed by atoms with van der Waals surface area (Å²) in [6.45, 7) is 3.76. The predicted molar refractivity (Wildman–Crippen MR) is 270 cm³/mol. The summed E-state index contributed by atoms with van der Waals surface area (Å²) >= 11 is 0. The van der Waals surface area contributed by atoms with Crippen molar-refractivity contribution in [2.75, 3.05) is 26.4 Å². The zero-order valence-corrected chi connectivity index (χ0v) is 42.7. The van der Waals surface area contributed by atoms with Crippen LogP contribution in [0.25, 0.3) is 0 Å². The highest BCUT2D eigenvalue weighted by molar-refractivity contribution is 7.47. The highest BCUT2D eigenvalue weighted by atomic mass is 31.2. The van der Waals surface area contributed by atoms with Gasteiger partial charge >= 0.3 is 19.8 Å². The standard InChI is InChI=1S/C54H102NO8P/c1-3-5-7-9-11-13-15-17-19-21-23-25-26-27-29-31-33-35-37-39-41-43-45-47-54(57)63-52(51-62-64(58,59)61-49-48-55)50-60-53(56)46-44-42-40-38-36-34-32-30-28-24-22-20-18-16-14-12-10-8-6-4-2/h15,17,21,23,26-27,52H,3-14,16,18-20,22,24-25,28-51,55H2,1-2H3,(H,58,59)/b17-15-,23-21-,27-26-. The number of unbranched alkanes of at least 4 members (excludes halogenated alkanes) is 32. The van der Waals surface area contributed by atoms with Crippen molar-refractivity contribution in [2.24, 2.45) is 5.73 Å². The van der Waals surface area contributed by atoms with E-state index in [0.717, 1.165) is 57.8 Å². The Labute approximate surface area is 394 Å². The Morgan fingerprint density at radius 3 is 1.20 bits per heavy atom. The van der Waals surface area contributed by atoms with Crippen molar-refractivity contribution in [1.29, 1.82) is 0 Å². The molecule has 0 aromatic rings. The first-order chi connectivity index (χ1) is 31.3. The summed E-state index contributed by atoms with van der Waals surface area (Å²) < 4.78 is 33.0. The fourth-order valence-electron chi connectivity index (χ4n) is 7.76. The van der Waals surface area contributed by atoms with Crippen LogP contribution in [0.5, 0.6) is 0 Å². The molecule has 64 heavy (non-hydrogen) atoms. The van der Waals surface area contributed by atoms with E-state index in [4.69, 9.17) is 24.3 Å². The van der Waals surface area contributed by atoms with E-state index in [0.29, 0.717) is 6.42 Å². The molecule has 0 amide bonds. The summed E-state index contributed by atoms with van der Waals surface area (Å²) in [6, 6.07) is 0. The number of esters is 2. The zero-order valence-electron chi connectivity index (χ0n) is 41.8. The molecule has 0 saturated heterocycles. The first-order valence-corrected chi connectivity index (χ1v) is 28.5. The molecule has 376 valence electrons. The predicted octanol–water partition coefficient (Wildman–Crippen LogP) is 16.5. The molecule has 0 rings (SSSR count). The van der Waals surface area contributed by atoms with Gasteiger partial charge in [0.15, 0.2) is 6.10 Å². The second kappa shape index (κ2) is 50.6. The van der Waals surface area contributed by atoms with Crippen molar-refractivity contribution < 1.29 is 37.6 Å². The number of phosphoric ester groups is 1. The van der Waals surface area contributed by atoms with E-state index < -0.39 is 26.5 Å². The molecular formula is C54H102NO8P. The Balaban J connectivity index is 4.02. The molecule has 2 unspecified atom stereocenters. The molecule has 0 aliphatic heterocycles. The molecule has 0 spiro atoms. The largest absolute Gasteiger partial charge is 0.472 e. The third kappa shape index (κ3) is 49.7. The Kier molecular flexibility index (Phi) is 49.2. The third-order valence-electron chi connectivity index (χ3n) is 11.8. The lowest BCUT2D eigenvalue weighted by Crippen LogP contribution is -2.29. The van der Waals surface area contributed by atoms with E-state index in [1.807, 2.05) is 0 Å². The Morgan fingerprint density at radius 1 is 0.469 bits per heavy atom. The molecule has 0 heterocycles. The maximum atomic E-state index is 12.7. The number of rotatable bonds is 51. The molecule has 0 fully saturated rings. The van der Waals surface area contributed by atoms with Crippen LogP contribution in [0.2, 0.25) is 0 Å². The first kappa shape index (κ1) is 62.2. The molecule has 0 aromatic heterocycles. The van der Waals surface area contributed by atoms with Crippen molar-refractivity contribution in [3.8, 4) is 0 Å². The lowest BCUT2D eigenvalue weighted by atomic mass is 10.0. The number of nitrogens with two attached hydrogens (primary N) is 1. The normalized spacial score (nSPS) is 13.4. The maximum Gasteiger partial charge on any atom is 0.472 e. The quantitative estimate of drug-likeness (QED) is 0.0265. The van der Waals surface area contributed by atoms with Crippen LogP contribution in [0, 0.1) is 0 Å². The topological polar surface area (TPSA) is 134 Å². The smallest absolute Gasteiger partial charge is 0.462 e. The van der Waals surface area contributed by atoms with Crippen molar-refractivity contribution in [2.45, 2.75) is 270 Å². The van der Waals surface area contributed by atoms with Gasteiger partial charge in [-0.25, -0.2) is 4.57 Å². The van der Waals surface area contributed by atoms with Gasteiger partial charge in [-0.05, 0) is 51.4 Å². The summed E-state index contributed by atoms with van der Waals surface area (Å²) in [5.74, 6) is -0.824. The summed E-state index contributed by atoms with van der Waals surface area (Å²) in [4.78, 5) is 35.1. The number of hydrogen-bond acceptors (Lipinski definition) is 8. The van der Waals surface area contributed by atoms with Gasteiger partial charge < -0.3 is 20.1 Å². The number of ether oxygens (including phenoxy) is 2. The Hall–Kier alpha value is -1.77. The molecular weight excluding hydrogens is 822 g/mol. The Bertz CT molecular complexity index is 1140. The summed E-state index contributed by atoms with van der Waals surface area (Å²) in [6.07, 6.45) is 59.0. The lowest BCUT2D eigenvalue weighted by molar-refractivity contribution is -0.161. The van der Waals surface area contributed by atoms with Crippen LogP contribution in [-0.4, -0.2) is 49.3 Å². The molecule has 3 N–H and O–H groups in total. The van der Waals surface area contributed by atoms with Gasteiger partial charge in [0.05, 0.1) is 13.2 Å². The maximum absolute atomic E-state index is 12.7. The fourth-order valence-corrected chi connectivity index (χ4v) is 8.53. The fraction of sp³-hybridized carbons (Fsp3) is 0.852. The van der Waals surface area contributed by atoms with Gasteiger partial charge in [0.25, 0.3) is 0 Å². The number of allylic oxidation sites excluding steroid dienone is 6. The van der Waals surface area contributed by atoms with Crippen molar-refractivity contribution in [3.63, 3.8) is 0 Å². The minimum atomic E-state index is -4.38. The Morgan fingerprint density at radius 2 is 0.812 bits per heavy atom.